The molecule has 0 spiro atoms. The Morgan fingerprint density at radius 3 is 1.41 bits per heavy atom. The molecule has 0 saturated heterocycles. The molecule has 0 amide bonds. The van der Waals surface area contributed by atoms with Gasteiger partial charge in [-0.05, 0) is 77.0 Å². The number of esters is 2. The standard InChI is InChI=1S/C46H84NO8P/c1-6-8-10-12-14-16-18-20-22-23-25-27-29-31-33-35-37-39-46(49)55-44(43-54-56(50,51)53-41-40-47(3,4)5)42-52-45(48)38-36-34-32-30-28-26-24-21-19-17-15-13-11-9-7-2/h14-17,20-22,24,44H,6-13,18-19,23,25-43H2,1-5H3/p+1/b16-14+,17-15+,22-20+,24-21+/t44-/m1/s1. The number of ether oxygens (including phenoxy) is 2. The average molecular weight is 811 g/mol. The third-order valence-electron chi connectivity index (χ3n) is 9.33. The Balaban J connectivity index is 4.39. The molecule has 0 aromatic carbocycles. The van der Waals surface area contributed by atoms with Gasteiger partial charge in [0.15, 0.2) is 6.10 Å². The minimum Gasteiger partial charge on any atom is -0.462 e. The number of carbonyl (C=O) groups excluding carboxylic acids is 2. The molecule has 0 heterocycles. The van der Waals surface area contributed by atoms with E-state index in [1.54, 1.807) is 0 Å². The summed E-state index contributed by atoms with van der Waals surface area (Å²) in [6, 6.07) is 0. The zero-order valence-corrected chi connectivity index (χ0v) is 37.5. The van der Waals surface area contributed by atoms with Crippen LogP contribution in [-0.4, -0.2) is 74.9 Å². The van der Waals surface area contributed by atoms with Crippen molar-refractivity contribution in [2.24, 2.45) is 0 Å². The lowest BCUT2D eigenvalue weighted by Gasteiger charge is -2.24. The lowest BCUT2D eigenvalue weighted by Crippen LogP contribution is -2.37. The third kappa shape index (κ3) is 41.6. The van der Waals surface area contributed by atoms with Crippen molar-refractivity contribution in [1.29, 1.82) is 0 Å². The summed E-state index contributed by atoms with van der Waals surface area (Å²) in [6.07, 6.45) is 44.3. The first-order valence-electron chi connectivity index (χ1n) is 22.4. The molecule has 10 heteroatoms. The topological polar surface area (TPSA) is 108 Å². The van der Waals surface area contributed by atoms with E-state index in [-0.39, 0.29) is 32.0 Å². The first-order valence-corrected chi connectivity index (χ1v) is 23.9. The van der Waals surface area contributed by atoms with Gasteiger partial charge in [-0.3, -0.25) is 18.6 Å². The van der Waals surface area contributed by atoms with Gasteiger partial charge in [0.05, 0.1) is 27.7 Å². The van der Waals surface area contributed by atoms with E-state index < -0.39 is 26.5 Å². The molecule has 2 atom stereocenters. The van der Waals surface area contributed by atoms with Crippen LogP contribution in [0.3, 0.4) is 0 Å². The number of allylic oxidation sites excluding steroid dienone is 8. The van der Waals surface area contributed by atoms with Crippen LogP contribution in [0.5, 0.6) is 0 Å². The number of carbonyl (C=O) groups is 2. The van der Waals surface area contributed by atoms with Crippen molar-refractivity contribution in [3.63, 3.8) is 0 Å². The van der Waals surface area contributed by atoms with Crippen LogP contribution in [0.15, 0.2) is 48.6 Å². The molecular formula is C46H85NO8P+. The molecule has 0 fully saturated rings. The number of unbranched alkanes of at least 4 members (excludes halogenated alkanes) is 18. The van der Waals surface area contributed by atoms with E-state index in [2.05, 4.69) is 62.5 Å². The Hall–Kier alpha value is -2.03. The summed E-state index contributed by atoms with van der Waals surface area (Å²) in [5.74, 6) is -0.825. The highest BCUT2D eigenvalue weighted by atomic mass is 31.2. The zero-order valence-electron chi connectivity index (χ0n) is 36.6. The lowest BCUT2D eigenvalue weighted by atomic mass is 10.1. The first-order chi connectivity index (χ1) is 27.0. The van der Waals surface area contributed by atoms with Crippen molar-refractivity contribution >= 4 is 19.8 Å². The van der Waals surface area contributed by atoms with Gasteiger partial charge in [-0.2, -0.15) is 0 Å². The van der Waals surface area contributed by atoms with Gasteiger partial charge in [-0.1, -0.05) is 140 Å². The average Bonchev–Trinajstić information content (AvgIpc) is 3.15. The van der Waals surface area contributed by atoms with Crippen LogP contribution >= 0.6 is 7.82 Å². The smallest absolute Gasteiger partial charge is 0.462 e. The minimum absolute atomic E-state index is 0.0262. The SMILES string of the molecule is CCCCC/C=C/C/C=C/CCCCCCCCCC(=O)O[C@H](COC(=O)CCCCCCC/C=C/C/C=C/CCCCC)COP(=O)(O)OCC[N+](C)(C)C. The van der Waals surface area contributed by atoms with Gasteiger partial charge >= 0.3 is 19.8 Å². The van der Waals surface area contributed by atoms with Crippen LogP contribution in [0.1, 0.15) is 181 Å². The fourth-order valence-electron chi connectivity index (χ4n) is 5.78. The monoisotopic (exact) mass is 811 g/mol. The minimum atomic E-state index is -4.38. The summed E-state index contributed by atoms with van der Waals surface area (Å²) >= 11 is 0. The molecule has 0 aliphatic rings. The van der Waals surface area contributed by atoms with Crippen molar-refractivity contribution in [2.75, 3.05) is 47.5 Å². The lowest BCUT2D eigenvalue weighted by molar-refractivity contribution is -0.870. The molecule has 1 N–H and O–H groups in total. The summed E-state index contributed by atoms with van der Waals surface area (Å²) in [5, 5.41) is 0. The number of hydrogen-bond donors (Lipinski definition) is 1. The maximum Gasteiger partial charge on any atom is 0.472 e. The Labute approximate surface area is 343 Å². The Morgan fingerprint density at radius 1 is 0.554 bits per heavy atom. The molecule has 9 nitrogen and oxygen atoms in total. The van der Waals surface area contributed by atoms with Crippen LogP contribution in [0.25, 0.3) is 0 Å². The first kappa shape index (κ1) is 54.0. The summed E-state index contributed by atoms with van der Waals surface area (Å²) in [5.41, 5.74) is 0. The number of likely N-dealkylation sites (N-methyl/N-ethyl adjacent to an activating group) is 1. The normalized spacial score (nSPS) is 14.0. The fourth-order valence-corrected chi connectivity index (χ4v) is 6.52. The zero-order chi connectivity index (χ0) is 41.4. The number of quaternary nitrogens is 1. The predicted octanol–water partition coefficient (Wildman–Crippen LogP) is 12.7. The van der Waals surface area contributed by atoms with E-state index in [4.69, 9.17) is 18.5 Å². The van der Waals surface area contributed by atoms with Gasteiger partial charge in [0, 0.05) is 12.8 Å². The van der Waals surface area contributed by atoms with E-state index in [0.29, 0.717) is 17.4 Å². The molecule has 326 valence electrons. The van der Waals surface area contributed by atoms with Crippen molar-refractivity contribution in [3.05, 3.63) is 48.6 Å². The molecule has 0 saturated carbocycles. The fraction of sp³-hybridized carbons (Fsp3) is 0.783. The van der Waals surface area contributed by atoms with Crippen LogP contribution in [0.4, 0.5) is 0 Å². The van der Waals surface area contributed by atoms with Gasteiger partial charge in [0.25, 0.3) is 0 Å². The van der Waals surface area contributed by atoms with E-state index in [1.807, 2.05) is 21.1 Å². The second-order valence-electron chi connectivity index (χ2n) is 16.1. The number of rotatable bonds is 40. The molecule has 56 heavy (non-hydrogen) atoms. The molecule has 1 unspecified atom stereocenters. The van der Waals surface area contributed by atoms with E-state index >= 15 is 0 Å². The van der Waals surface area contributed by atoms with E-state index in [0.717, 1.165) is 77.0 Å². The third-order valence-corrected chi connectivity index (χ3v) is 10.3. The Kier molecular flexibility index (Phi) is 37.1. The predicted molar refractivity (Wildman–Crippen MR) is 233 cm³/mol. The van der Waals surface area contributed by atoms with Gasteiger partial charge in [0.1, 0.15) is 19.8 Å². The Bertz CT molecular complexity index is 1100. The van der Waals surface area contributed by atoms with Gasteiger partial charge in [0.2, 0.25) is 0 Å². The van der Waals surface area contributed by atoms with Crippen LogP contribution in [-0.2, 0) is 32.7 Å². The number of phosphoric acid groups is 1. The number of hydrogen-bond acceptors (Lipinski definition) is 7. The molecular weight excluding hydrogens is 725 g/mol. The van der Waals surface area contributed by atoms with Crippen molar-refractivity contribution < 1.29 is 42.1 Å². The molecule has 0 aliphatic carbocycles. The largest absolute Gasteiger partial charge is 0.472 e. The highest BCUT2D eigenvalue weighted by Crippen LogP contribution is 2.43. The highest BCUT2D eigenvalue weighted by molar-refractivity contribution is 7.47. The molecule has 0 aromatic heterocycles. The molecule has 0 aromatic rings. The molecule has 0 aliphatic heterocycles. The van der Waals surface area contributed by atoms with Gasteiger partial charge in [-0.25, -0.2) is 4.57 Å². The summed E-state index contributed by atoms with van der Waals surface area (Å²) < 4.78 is 34.3. The van der Waals surface area contributed by atoms with Gasteiger partial charge < -0.3 is 18.9 Å². The Morgan fingerprint density at radius 2 is 0.964 bits per heavy atom. The molecule has 0 rings (SSSR count). The summed E-state index contributed by atoms with van der Waals surface area (Å²) in [4.78, 5) is 35.4. The van der Waals surface area contributed by atoms with Gasteiger partial charge in [-0.15, -0.1) is 0 Å². The van der Waals surface area contributed by atoms with E-state index in [1.165, 1.54) is 70.6 Å². The quantitative estimate of drug-likeness (QED) is 0.0214. The molecule has 0 radical (unpaired) electrons. The van der Waals surface area contributed by atoms with Crippen LogP contribution < -0.4 is 0 Å². The highest BCUT2D eigenvalue weighted by Gasteiger charge is 2.27. The maximum absolute atomic E-state index is 12.7. The summed E-state index contributed by atoms with van der Waals surface area (Å²) in [7, 11) is 1.46. The molecule has 0 bridgehead atoms. The van der Waals surface area contributed by atoms with Crippen molar-refractivity contribution in [1.82, 2.24) is 0 Å². The second-order valence-corrected chi connectivity index (χ2v) is 17.5. The van der Waals surface area contributed by atoms with Crippen molar-refractivity contribution in [3.8, 4) is 0 Å². The van der Waals surface area contributed by atoms with Crippen LogP contribution in [0.2, 0.25) is 0 Å². The number of phosphoric ester groups is 1. The van der Waals surface area contributed by atoms with Crippen molar-refractivity contribution in [2.45, 2.75) is 187 Å². The van der Waals surface area contributed by atoms with E-state index in [9.17, 15) is 19.0 Å². The number of nitrogens with zero attached hydrogens (tertiary/aromatic N) is 1. The second kappa shape index (κ2) is 38.5. The maximum atomic E-state index is 12.7. The van der Waals surface area contributed by atoms with Crippen LogP contribution in [0, 0.1) is 0 Å². The summed E-state index contributed by atoms with van der Waals surface area (Å²) in [6.45, 7) is 4.34.